The zero-order valence-electron chi connectivity index (χ0n) is 12.4. The lowest BCUT2D eigenvalue weighted by Gasteiger charge is -2.26. The SMILES string of the molecule is CC(C)(CCc1ccccc1)NC(=O)c1ccc(Br)cc1. The average molecular weight is 346 g/mol. The van der Waals surface area contributed by atoms with Crippen molar-refractivity contribution in [2.75, 3.05) is 0 Å². The maximum Gasteiger partial charge on any atom is 0.251 e. The molecule has 0 saturated heterocycles. The van der Waals surface area contributed by atoms with Crippen LogP contribution in [-0.4, -0.2) is 11.4 Å². The van der Waals surface area contributed by atoms with Gasteiger partial charge >= 0.3 is 0 Å². The number of nitrogens with one attached hydrogen (secondary N) is 1. The van der Waals surface area contributed by atoms with E-state index in [2.05, 4.69) is 47.2 Å². The predicted octanol–water partition coefficient (Wildman–Crippen LogP) is 4.59. The molecular formula is C18H20BrNO. The molecular weight excluding hydrogens is 326 g/mol. The van der Waals surface area contributed by atoms with Gasteiger partial charge in [0.15, 0.2) is 0 Å². The Morgan fingerprint density at radius 3 is 2.29 bits per heavy atom. The summed E-state index contributed by atoms with van der Waals surface area (Å²) in [6.07, 6.45) is 1.85. The van der Waals surface area contributed by atoms with E-state index in [9.17, 15) is 4.79 Å². The number of hydrogen-bond acceptors (Lipinski definition) is 1. The first-order valence-corrected chi connectivity index (χ1v) is 7.88. The van der Waals surface area contributed by atoms with Gasteiger partial charge < -0.3 is 5.32 Å². The van der Waals surface area contributed by atoms with Crippen molar-refractivity contribution in [2.45, 2.75) is 32.2 Å². The lowest BCUT2D eigenvalue weighted by Crippen LogP contribution is -2.43. The van der Waals surface area contributed by atoms with Gasteiger partial charge in [-0.1, -0.05) is 46.3 Å². The molecule has 0 spiro atoms. The first-order valence-electron chi connectivity index (χ1n) is 7.08. The summed E-state index contributed by atoms with van der Waals surface area (Å²) in [6, 6.07) is 17.8. The highest BCUT2D eigenvalue weighted by atomic mass is 79.9. The Morgan fingerprint density at radius 1 is 1.05 bits per heavy atom. The molecule has 0 bridgehead atoms. The van der Waals surface area contributed by atoms with Crippen LogP contribution in [0.2, 0.25) is 0 Å². The second-order valence-corrected chi connectivity index (χ2v) is 6.75. The minimum Gasteiger partial charge on any atom is -0.347 e. The molecule has 0 aliphatic rings. The minimum absolute atomic E-state index is 0.0273. The number of carbonyl (C=O) groups excluding carboxylic acids is 1. The van der Waals surface area contributed by atoms with E-state index in [0.29, 0.717) is 5.56 Å². The van der Waals surface area contributed by atoms with Crippen LogP contribution in [0.4, 0.5) is 0 Å². The monoisotopic (exact) mass is 345 g/mol. The maximum absolute atomic E-state index is 12.3. The fraction of sp³-hybridized carbons (Fsp3) is 0.278. The molecule has 2 rings (SSSR count). The topological polar surface area (TPSA) is 29.1 Å². The first kappa shape index (κ1) is 15.8. The van der Waals surface area contributed by atoms with Crippen molar-refractivity contribution < 1.29 is 4.79 Å². The van der Waals surface area contributed by atoms with Crippen molar-refractivity contribution in [3.8, 4) is 0 Å². The molecule has 21 heavy (non-hydrogen) atoms. The number of rotatable bonds is 5. The Balaban J connectivity index is 1.93. The summed E-state index contributed by atoms with van der Waals surface area (Å²) in [6.45, 7) is 4.12. The summed E-state index contributed by atoms with van der Waals surface area (Å²) in [5.74, 6) is -0.0273. The molecule has 2 nitrogen and oxygen atoms in total. The quantitative estimate of drug-likeness (QED) is 0.843. The average Bonchev–Trinajstić information content (AvgIpc) is 2.46. The van der Waals surface area contributed by atoms with Gasteiger partial charge in [0.05, 0.1) is 0 Å². The van der Waals surface area contributed by atoms with E-state index in [1.807, 2.05) is 42.5 Å². The van der Waals surface area contributed by atoms with Crippen LogP contribution in [-0.2, 0) is 6.42 Å². The Morgan fingerprint density at radius 2 is 1.67 bits per heavy atom. The number of aryl methyl sites for hydroxylation is 1. The second-order valence-electron chi connectivity index (χ2n) is 5.83. The highest BCUT2D eigenvalue weighted by molar-refractivity contribution is 9.10. The number of hydrogen-bond donors (Lipinski definition) is 1. The number of halogens is 1. The van der Waals surface area contributed by atoms with Crippen LogP contribution in [0.3, 0.4) is 0 Å². The minimum atomic E-state index is -0.236. The van der Waals surface area contributed by atoms with Crippen molar-refractivity contribution >= 4 is 21.8 Å². The third-order valence-electron chi connectivity index (χ3n) is 3.44. The van der Waals surface area contributed by atoms with E-state index in [4.69, 9.17) is 0 Å². The maximum atomic E-state index is 12.3. The summed E-state index contributed by atoms with van der Waals surface area (Å²) in [7, 11) is 0. The van der Waals surface area contributed by atoms with Gasteiger partial charge in [0.25, 0.3) is 5.91 Å². The van der Waals surface area contributed by atoms with E-state index in [1.165, 1.54) is 5.56 Å². The van der Waals surface area contributed by atoms with Crippen LogP contribution in [0.5, 0.6) is 0 Å². The molecule has 2 aromatic carbocycles. The van der Waals surface area contributed by atoms with E-state index in [0.717, 1.165) is 17.3 Å². The molecule has 0 radical (unpaired) electrons. The van der Waals surface area contributed by atoms with Crippen LogP contribution in [0, 0.1) is 0 Å². The molecule has 3 heteroatoms. The summed E-state index contributed by atoms with van der Waals surface area (Å²) in [5, 5.41) is 3.11. The predicted molar refractivity (Wildman–Crippen MR) is 90.5 cm³/mol. The largest absolute Gasteiger partial charge is 0.347 e. The van der Waals surface area contributed by atoms with E-state index in [-0.39, 0.29) is 11.4 Å². The van der Waals surface area contributed by atoms with Gasteiger partial charge in [-0.3, -0.25) is 4.79 Å². The van der Waals surface area contributed by atoms with Crippen LogP contribution >= 0.6 is 15.9 Å². The molecule has 1 amide bonds. The van der Waals surface area contributed by atoms with Crippen LogP contribution in [0.1, 0.15) is 36.2 Å². The van der Waals surface area contributed by atoms with Crippen molar-refractivity contribution in [1.82, 2.24) is 5.32 Å². The molecule has 0 heterocycles. The molecule has 1 N–H and O–H groups in total. The Kier molecular flexibility index (Phi) is 5.18. The number of carbonyl (C=O) groups is 1. The highest BCUT2D eigenvalue weighted by Crippen LogP contribution is 2.16. The summed E-state index contributed by atoms with van der Waals surface area (Å²) < 4.78 is 0.974. The fourth-order valence-electron chi connectivity index (χ4n) is 2.14. The third kappa shape index (κ3) is 5.01. The van der Waals surface area contributed by atoms with Gasteiger partial charge in [0, 0.05) is 15.6 Å². The van der Waals surface area contributed by atoms with Gasteiger partial charge in [0.2, 0.25) is 0 Å². The van der Waals surface area contributed by atoms with Crippen molar-refractivity contribution in [2.24, 2.45) is 0 Å². The van der Waals surface area contributed by atoms with Crippen LogP contribution in [0.15, 0.2) is 59.1 Å². The smallest absolute Gasteiger partial charge is 0.251 e. The van der Waals surface area contributed by atoms with Crippen molar-refractivity contribution in [3.63, 3.8) is 0 Å². The summed E-state index contributed by atoms with van der Waals surface area (Å²) >= 11 is 3.38. The van der Waals surface area contributed by atoms with E-state index < -0.39 is 0 Å². The van der Waals surface area contributed by atoms with Crippen molar-refractivity contribution in [1.29, 1.82) is 0 Å². The molecule has 0 saturated carbocycles. The fourth-order valence-corrected chi connectivity index (χ4v) is 2.41. The van der Waals surface area contributed by atoms with Gasteiger partial charge in [-0.25, -0.2) is 0 Å². The number of benzene rings is 2. The summed E-state index contributed by atoms with van der Waals surface area (Å²) in [4.78, 5) is 12.3. The Bertz CT molecular complexity index is 590. The zero-order valence-corrected chi connectivity index (χ0v) is 14.0. The highest BCUT2D eigenvalue weighted by Gasteiger charge is 2.20. The van der Waals surface area contributed by atoms with Gasteiger partial charge in [0.1, 0.15) is 0 Å². The lowest BCUT2D eigenvalue weighted by atomic mass is 9.95. The Hall–Kier alpha value is -1.61. The summed E-state index contributed by atoms with van der Waals surface area (Å²) in [5.41, 5.74) is 1.74. The lowest BCUT2D eigenvalue weighted by molar-refractivity contribution is 0.0909. The van der Waals surface area contributed by atoms with Gasteiger partial charge in [-0.05, 0) is 56.5 Å². The van der Waals surface area contributed by atoms with Gasteiger partial charge in [-0.15, -0.1) is 0 Å². The molecule has 2 aromatic rings. The molecule has 0 aliphatic heterocycles. The van der Waals surface area contributed by atoms with Crippen LogP contribution < -0.4 is 5.32 Å². The first-order chi connectivity index (χ1) is 9.96. The standard InChI is InChI=1S/C18H20BrNO/c1-18(2,13-12-14-6-4-3-5-7-14)20-17(21)15-8-10-16(19)11-9-15/h3-11H,12-13H2,1-2H3,(H,20,21). The van der Waals surface area contributed by atoms with E-state index in [1.54, 1.807) is 0 Å². The van der Waals surface area contributed by atoms with Crippen molar-refractivity contribution in [3.05, 3.63) is 70.2 Å². The molecule has 0 unspecified atom stereocenters. The van der Waals surface area contributed by atoms with E-state index >= 15 is 0 Å². The number of amides is 1. The zero-order chi connectivity index (χ0) is 15.3. The third-order valence-corrected chi connectivity index (χ3v) is 3.97. The second kappa shape index (κ2) is 6.90. The molecule has 0 fully saturated rings. The molecule has 0 aliphatic carbocycles. The molecule has 0 aromatic heterocycles. The van der Waals surface area contributed by atoms with Crippen LogP contribution in [0.25, 0.3) is 0 Å². The molecule has 0 atom stereocenters. The molecule has 110 valence electrons. The van der Waals surface area contributed by atoms with Gasteiger partial charge in [-0.2, -0.15) is 0 Å². The normalized spacial score (nSPS) is 11.2. The Labute approximate surface area is 134 Å².